The SMILES string of the molecule is Cc1ccc(Nc2nc(N)nc3sccc23)c(Cl)c1. The fraction of sp³-hybridized carbons (Fsp3) is 0.0769. The van der Waals surface area contributed by atoms with Crippen molar-refractivity contribution in [2.45, 2.75) is 6.92 Å². The van der Waals surface area contributed by atoms with Crippen molar-refractivity contribution < 1.29 is 0 Å². The maximum atomic E-state index is 6.21. The summed E-state index contributed by atoms with van der Waals surface area (Å²) in [4.78, 5) is 9.28. The predicted molar refractivity (Wildman–Crippen MR) is 81.3 cm³/mol. The third-order valence-corrected chi connectivity index (χ3v) is 3.84. The summed E-state index contributed by atoms with van der Waals surface area (Å²) in [5.41, 5.74) is 7.62. The zero-order valence-electron chi connectivity index (χ0n) is 10.1. The molecular weight excluding hydrogens is 280 g/mol. The fourth-order valence-electron chi connectivity index (χ4n) is 1.82. The monoisotopic (exact) mass is 290 g/mol. The maximum absolute atomic E-state index is 6.21. The molecule has 4 nitrogen and oxygen atoms in total. The lowest BCUT2D eigenvalue weighted by Crippen LogP contribution is -2.00. The van der Waals surface area contributed by atoms with Gasteiger partial charge in [-0.25, -0.2) is 4.98 Å². The summed E-state index contributed by atoms with van der Waals surface area (Å²) in [6, 6.07) is 7.78. The standard InChI is InChI=1S/C13H11ClN4S/c1-7-2-3-10(9(14)6-7)16-11-8-4-5-19-12(8)18-13(15)17-11/h2-6H,1H3,(H3,15,16,17,18). The number of benzene rings is 1. The highest BCUT2D eigenvalue weighted by atomic mass is 35.5. The summed E-state index contributed by atoms with van der Waals surface area (Å²) < 4.78 is 0. The van der Waals surface area contributed by atoms with E-state index < -0.39 is 0 Å². The van der Waals surface area contributed by atoms with Gasteiger partial charge in [0.25, 0.3) is 0 Å². The molecule has 3 N–H and O–H groups in total. The van der Waals surface area contributed by atoms with Gasteiger partial charge in [-0.05, 0) is 36.1 Å². The van der Waals surface area contributed by atoms with Gasteiger partial charge >= 0.3 is 0 Å². The highest BCUT2D eigenvalue weighted by molar-refractivity contribution is 7.16. The Hall–Kier alpha value is -1.85. The Morgan fingerprint density at radius 3 is 2.89 bits per heavy atom. The molecule has 0 aliphatic carbocycles. The Morgan fingerprint density at radius 2 is 2.11 bits per heavy atom. The summed E-state index contributed by atoms with van der Waals surface area (Å²) in [6.07, 6.45) is 0. The second-order valence-electron chi connectivity index (χ2n) is 4.18. The zero-order chi connectivity index (χ0) is 13.4. The van der Waals surface area contributed by atoms with E-state index in [0.29, 0.717) is 10.8 Å². The Kier molecular flexibility index (Phi) is 3.00. The van der Waals surface area contributed by atoms with Crippen molar-refractivity contribution in [1.29, 1.82) is 0 Å². The number of thiophene rings is 1. The molecule has 0 aliphatic heterocycles. The van der Waals surface area contributed by atoms with Crippen LogP contribution in [-0.4, -0.2) is 9.97 Å². The largest absolute Gasteiger partial charge is 0.368 e. The van der Waals surface area contributed by atoms with Crippen LogP contribution >= 0.6 is 22.9 Å². The molecule has 0 radical (unpaired) electrons. The Labute approximate surface area is 119 Å². The number of nitrogens with zero attached hydrogens (tertiary/aromatic N) is 2. The zero-order valence-corrected chi connectivity index (χ0v) is 11.7. The van der Waals surface area contributed by atoms with Crippen LogP contribution in [0.5, 0.6) is 0 Å². The Bertz CT molecular complexity index is 753. The van der Waals surface area contributed by atoms with E-state index in [1.807, 2.05) is 36.6 Å². The molecule has 2 heterocycles. The molecule has 96 valence electrons. The molecule has 0 aliphatic rings. The smallest absolute Gasteiger partial charge is 0.223 e. The second-order valence-corrected chi connectivity index (χ2v) is 5.48. The van der Waals surface area contributed by atoms with Crippen LogP contribution in [-0.2, 0) is 0 Å². The number of nitrogens with one attached hydrogen (secondary N) is 1. The Balaban J connectivity index is 2.07. The molecule has 1 aromatic carbocycles. The average Bonchev–Trinajstić information content (AvgIpc) is 2.80. The van der Waals surface area contributed by atoms with Crippen LogP contribution in [0.4, 0.5) is 17.5 Å². The minimum atomic E-state index is 0.251. The molecule has 19 heavy (non-hydrogen) atoms. The van der Waals surface area contributed by atoms with E-state index in [0.717, 1.165) is 21.5 Å². The fourth-order valence-corrected chi connectivity index (χ4v) is 2.87. The van der Waals surface area contributed by atoms with Gasteiger partial charge < -0.3 is 11.1 Å². The van der Waals surface area contributed by atoms with E-state index in [2.05, 4.69) is 15.3 Å². The van der Waals surface area contributed by atoms with Gasteiger partial charge in [-0.2, -0.15) is 4.98 Å². The van der Waals surface area contributed by atoms with Gasteiger partial charge in [0, 0.05) is 0 Å². The number of fused-ring (bicyclic) bond motifs is 1. The van der Waals surface area contributed by atoms with Crippen LogP contribution in [0.25, 0.3) is 10.2 Å². The number of rotatable bonds is 2. The molecule has 0 bridgehead atoms. The van der Waals surface area contributed by atoms with E-state index in [1.165, 1.54) is 11.3 Å². The minimum Gasteiger partial charge on any atom is -0.368 e. The lowest BCUT2D eigenvalue weighted by Gasteiger charge is -2.09. The summed E-state index contributed by atoms with van der Waals surface area (Å²) in [5.74, 6) is 0.926. The number of nitrogen functional groups attached to an aromatic ring is 1. The highest BCUT2D eigenvalue weighted by Gasteiger charge is 2.09. The molecule has 0 spiro atoms. The first-order valence-corrected chi connectivity index (χ1v) is 6.93. The molecule has 0 saturated heterocycles. The van der Waals surface area contributed by atoms with Crippen LogP contribution in [0.15, 0.2) is 29.6 Å². The van der Waals surface area contributed by atoms with Crippen LogP contribution < -0.4 is 11.1 Å². The summed E-state index contributed by atoms with van der Waals surface area (Å²) in [7, 11) is 0. The summed E-state index contributed by atoms with van der Waals surface area (Å²) in [6.45, 7) is 2.00. The van der Waals surface area contributed by atoms with Gasteiger partial charge in [-0.3, -0.25) is 0 Å². The molecule has 6 heteroatoms. The number of nitrogens with two attached hydrogens (primary N) is 1. The topological polar surface area (TPSA) is 63.8 Å². The number of aromatic nitrogens is 2. The lowest BCUT2D eigenvalue weighted by atomic mass is 10.2. The number of halogens is 1. The Morgan fingerprint density at radius 1 is 1.26 bits per heavy atom. The normalized spacial score (nSPS) is 10.8. The molecule has 2 aromatic heterocycles. The quantitative estimate of drug-likeness (QED) is 0.749. The van der Waals surface area contributed by atoms with Crippen molar-refractivity contribution in [3.8, 4) is 0 Å². The van der Waals surface area contributed by atoms with E-state index >= 15 is 0 Å². The van der Waals surface area contributed by atoms with Crippen LogP contribution in [0.2, 0.25) is 5.02 Å². The van der Waals surface area contributed by atoms with E-state index in [1.54, 1.807) is 0 Å². The number of hydrogen-bond donors (Lipinski definition) is 2. The first kappa shape index (κ1) is 12.2. The van der Waals surface area contributed by atoms with Gasteiger partial charge in [0.15, 0.2) is 0 Å². The van der Waals surface area contributed by atoms with Gasteiger partial charge in [-0.1, -0.05) is 17.7 Å². The van der Waals surface area contributed by atoms with Gasteiger partial charge in [0.1, 0.15) is 10.6 Å². The molecular formula is C13H11ClN4S. The molecule has 0 saturated carbocycles. The van der Waals surface area contributed by atoms with Gasteiger partial charge in [0.2, 0.25) is 5.95 Å². The summed E-state index contributed by atoms with van der Waals surface area (Å²) in [5, 5.41) is 6.77. The number of hydrogen-bond acceptors (Lipinski definition) is 5. The van der Waals surface area contributed by atoms with Crippen LogP contribution in [0, 0.1) is 6.92 Å². The predicted octanol–water partition coefficient (Wildman–Crippen LogP) is 3.98. The lowest BCUT2D eigenvalue weighted by molar-refractivity contribution is 1.24. The summed E-state index contributed by atoms with van der Waals surface area (Å²) >= 11 is 7.74. The van der Waals surface area contributed by atoms with Crippen molar-refractivity contribution in [3.63, 3.8) is 0 Å². The molecule has 3 rings (SSSR count). The molecule has 3 aromatic rings. The second kappa shape index (κ2) is 4.68. The van der Waals surface area contributed by atoms with Crippen molar-refractivity contribution in [1.82, 2.24) is 9.97 Å². The first-order chi connectivity index (χ1) is 9.13. The molecule has 0 fully saturated rings. The van der Waals surface area contributed by atoms with Gasteiger partial charge in [-0.15, -0.1) is 11.3 Å². The van der Waals surface area contributed by atoms with E-state index in [4.69, 9.17) is 17.3 Å². The average molecular weight is 291 g/mol. The number of aryl methyl sites for hydroxylation is 1. The number of anilines is 3. The van der Waals surface area contributed by atoms with Crippen LogP contribution in [0.1, 0.15) is 5.56 Å². The third-order valence-electron chi connectivity index (χ3n) is 2.72. The van der Waals surface area contributed by atoms with Gasteiger partial charge in [0.05, 0.1) is 16.1 Å². The van der Waals surface area contributed by atoms with Crippen molar-refractivity contribution in [2.75, 3.05) is 11.1 Å². The molecule has 0 atom stereocenters. The molecule has 0 unspecified atom stereocenters. The first-order valence-electron chi connectivity index (χ1n) is 5.67. The van der Waals surface area contributed by atoms with Crippen molar-refractivity contribution in [3.05, 3.63) is 40.2 Å². The van der Waals surface area contributed by atoms with Crippen molar-refractivity contribution >= 4 is 50.6 Å². The third kappa shape index (κ3) is 2.34. The maximum Gasteiger partial charge on any atom is 0.223 e. The highest BCUT2D eigenvalue weighted by Crippen LogP contribution is 2.31. The molecule has 0 amide bonds. The minimum absolute atomic E-state index is 0.251. The van der Waals surface area contributed by atoms with Crippen molar-refractivity contribution in [2.24, 2.45) is 0 Å². The van der Waals surface area contributed by atoms with E-state index in [-0.39, 0.29) is 5.95 Å². The van der Waals surface area contributed by atoms with Crippen LogP contribution in [0.3, 0.4) is 0 Å². The van der Waals surface area contributed by atoms with E-state index in [9.17, 15) is 0 Å².